The van der Waals surface area contributed by atoms with Gasteiger partial charge in [-0.1, -0.05) is 12.5 Å². The van der Waals surface area contributed by atoms with Crippen LogP contribution < -0.4 is 10.5 Å². The fourth-order valence-corrected chi connectivity index (χ4v) is 3.75. The monoisotopic (exact) mass is 394 g/mol. The van der Waals surface area contributed by atoms with Crippen LogP contribution in [0.15, 0.2) is 18.2 Å². The van der Waals surface area contributed by atoms with E-state index in [1.807, 2.05) is 12.1 Å². The van der Waals surface area contributed by atoms with Crippen LogP contribution in [0.3, 0.4) is 0 Å². The minimum Gasteiger partial charge on any atom is -0.494 e. The molecule has 0 bridgehead atoms. The van der Waals surface area contributed by atoms with Crippen LogP contribution in [0.4, 0.5) is 19.1 Å². The molecule has 3 aromatic rings. The van der Waals surface area contributed by atoms with Crippen molar-refractivity contribution in [1.82, 2.24) is 24.5 Å². The zero-order valence-corrected chi connectivity index (χ0v) is 15.4. The topological polar surface area (TPSA) is 81.6 Å². The van der Waals surface area contributed by atoms with E-state index in [9.17, 15) is 13.2 Å². The van der Waals surface area contributed by atoms with Gasteiger partial charge >= 0.3 is 0 Å². The molecule has 3 heterocycles. The van der Waals surface area contributed by atoms with Gasteiger partial charge in [-0.15, -0.1) is 5.10 Å². The molecule has 0 spiro atoms. The molecule has 0 saturated carbocycles. The summed E-state index contributed by atoms with van der Waals surface area (Å²) in [7, 11) is 1.54. The Kier molecular flexibility index (Phi) is 4.96. The third kappa shape index (κ3) is 3.21. The number of para-hydroxylation sites is 1. The summed E-state index contributed by atoms with van der Waals surface area (Å²) >= 11 is 0. The van der Waals surface area contributed by atoms with Gasteiger partial charge in [0.15, 0.2) is 11.5 Å². The van der Waals surface area contributed by atoms with E-state index in [1.54, 1.807) is 13.2 Å². The Morgan fingerprint density at radius 1 is 1.21 bits per heavy atom. The van der Waals surface area contributed by atoms with Gasteiger partial charge in [0.25, 0.3) is 6.43 Å². The zero-order valence-electron chi connectivity index (χ0n) is 15.4. The molecular weight excluding hydrogens is 373 g/mol. The molecule has 0 radical (unpaired) electrons. The van der Waals surface area contributed by atoms with Crippen LogP contribution in [-0.4, -0.2) is 57.4 Å². The third-order valence-corrected chi connectivity index (χ3v) is 5.15. The highest BCUT2D eigenvalue weighted by Crippen LogP contribution is 2.31. The Morgan fingerprint density at radius 2 is 2.04 bits per heavy atom. The smallest absolute Gasteiger partial charge is 0.282 e. The molecule has 7 nitrogen and oxygen atoms in total. The second-order valence-corrected chi connectivity index (χ2v) is 6.93. The highest BCUT2D eigenvalue weighted by atomic mass is 19.3. The molecule has 1 aliphatic rings. The van der Waals surface area contributed by atoms with E-state index in [1.165, 1.54) is 9.42 Å². The van der Waals surface area contributed by atoms with Gasteiger partial charge in [-0.05, 0) is 25.0 Å². The number of likely N-dealkylation sites (tertiary alicyclic amines) is 1. The van der Waals surface area contributed by atoms with Gasteiger partial charge in [0.1, 0.15) is 11.3 Å². The van der Waals surface area contributed by atoms with E-state index in [2.05, 4.69) is 15.1 Å². The van der Waals surface area contributed by atoms with Crippen LogP contribution in [0.25, 0.3) is 16.6 Å². The second kappa shape index (κ2) is 7.42. The first kappa shape index (κ1) is 18.7. The first-order valence-electron chi connectivity index (χ1n) is 9.14. The molecule has 1 aliphatic heterocycles. The van der Waals surface area contributed by atoms with Crippen LogP contribution in [0, 0.1) is 0 Å². The maximum absolute atomic E-state index is 13.9. The number of ether oxygens (including phenoxy) is 1. The average molecular weight is 394 g/mol. The molecule has 2 N–H and O–H groups in total. The fourth-order valence-electron chi connectivity index (χ4n) is 3.75. The summed E-state index contributed by atoms with van der Waals surface area (Å²) in [5, 5.41) is 5.18. The number of anilines is 1. The Hall–Kier alpha value is -2.62. The molecule has 4 rings (SSSR count). The predicted molar refractivity (Wildman–Crippen MR) is 98.3 cm³/mol. The second-order valence-electron chi connectivity index (χ2n) is 6.93. The SMILES string of the molecule is COc1cccc2c1nc(N)n1nc(C3CCCCN(C(F)C(F)F)C3)nc21. The van der Waals surface area contributed by atoms with Gasteiger partial charge in [0.2, 0.25) is 12.2 Å². The molecule has 2 unspecified atom stereocenters. The minimum atomic E-state index is -3.04. The van der Waals surface area contributed by atoms with Crippen molar-refractivity contribution >= 4 is 22.5 Å². The molecule has 0 aliphatic carbocycles. The van der Waals surface area contributed by atoms with Gasteiger partial charge in [0.05, 0.1) is 7.11 Å². The van der Waals surface area contributed by atoms with Crippen molar-refractivity contribution in [2.24, 2.45) is 0 Å². The Balaban J connectivity index is 1.76. The zero-order chi connectivity index (χ0) is 19.8. The number of alkyl halides is 3. The fraction of sp³-hybridized carbons (Fsp3) is 0.500. The van der Waals surface area contributed by atoms with E-state index >= 15 is 0 Å². The lowest BCUT2D eigenvalue weighted by Crippen LogP contribution is -2.39. The van der Waals surface area contributed by atoms with Crippen LogP contribution in [0.5, 0.6) is 5.75 Å². The van der Waals surface area contributed by atoms with Crippen LogP contribution in [-0.2, 0) is 0 Å². The number of hydrogen-bond donors (Lipinski definition) is 1. The largest absolute Gasteiger partial charge is 0.494 e. The van der Waals surface area contributed by atoms with Crippen LogP contribution in [0.2, 0.25) is 0 Å². The van der Waals surface area contributed by atoms with Gasteiger partial charge in [-0.3, -0.25) is 4.90 Å². The van der Waals surface area contributed by atoms with Crippen LogP contribution >= 0.6 is 0 Å². The van der Waals surface area contributed by atoms with E-state index in [4.69, 9.17) is 10.5 Å². The third-order valence-electron chi connectivity index (χ3n) is 5.15. The lowest BCUT2D eigenvalue weighted by atomic mass is 10.0. The molecule has 0 amide bonds. The lowest BCUT2D eigenvalue weighted by Gasteiger charge is -2.25. The number of nitrogen functional groups attached to an aromatic ring is 1. The van der Waals surface area contributed by atoms with E-state index in [0.29, 0.717) is 47.5 Å². The van der Waals surface area contributed by atoms with E-state index < -0.39 is 12.7 Å². The minimum absolute atomic E-state index is 0.136. The lowest BCUT2D eigenvalue weighted by molar-refractivity contribution is -0.0491. The first-order valence-corrected chi connectivity index (χ1v) is 9.14. The van der Waals surface area contributed by atoms with E-state index in [0.717, 1.165) is 6.42 Å². The Bertz CT molecular complexity index is 994. The van der Waals surface area contributed by atoms with Gasteiger partial charge in [-0.25, -0.2) is 23.1 Å². The van der Waals surface area contributed by atoms with Crippen molar-refractivity contribution in [2.45, 2.75) is 37.9 Å². The number of halogens is 3. The van der Waals surface area contributed by atoms with Gasteiger partial charge < -0.3 is 10.5 Å². The molecule has 2 atom stereocenters. The van der Waals surface area contributed by atoms with Crippen LogP contribution in [0.1, 0.15) is 31.0 Å². The Morgan fingerprint density at radius 3 is 2.79 bits per heavy atom. The summed E-state index contributed by atoms with van der Waals surface area (Å²) in [6.45, 7) is 0.427. The quantitative estimate of drug-likeness (QED) is 0.685. The molecule has 1 saturated heterocycles. The first-order chi connectivity index (χ1) is 13.5. The average Bonchev–Trinajstić information content (AvgIpc) is 3.00. The number of fused-ring (bicyclic) bond motifs is 3. The van der Waals surface area contributed by atoms with Crippen molar-refractivity contribution in [2.75, 3.05) is 25.9 Å². The number of rotatable bonds is 4. The maximum Gasteiger partial charge on any atom is 0.282 e. The predicted octanol–water partition coefficient (Wildman–Crippen LogP) is 3.00. The number of hydrogen-bond acceptors (Lipinski definition) is 6. The molecule has 10 heteroatoms. The summed E-state index contributed by atoms with van der Waals surface area (Å²) in [5.74, 6) is 0.901. The van der Waals surface area contributed by atoms with Crippen molar-refractivity contribution < 1.29 is 17.9 Å². The summed E-state index contributed by atoms with van der Waals surface area (Å²) in [6, 6.07) is 5.43. The number of benzene rings is 1. The number of methoxy groups -OCH3 is 1. The molecule has 28 heavy (non-hydrogen) atoms. The van der Waals surface area contributed by atoms with Gasteiger partial charge in [-0.2, -0.15) is 4.52 Å². The Labute approximate surface area is 159 Å². The highest BCUT2D eigenvalue weighted by molar-refractivity contribution is 5.95. The number of aromatic nitrogens is 4. The maximum atomic E-state index is 13.9. The van der Waals surface area contributed by atoms with Crippen molar-refractivity contribution in [3.63, 3.8) is 0 Å². The van der Waals surface area contributed by atoms with Crippen molar-refractivity contribution in [3.8, 4) is 5.75 Å². The summed E-state index contributed by atoms with van der Waals surface area (Å²) in [5.41, 5.74) is 7.14. The number of nitrogens with zero attached hydrogens (tertiary/aromatic N) is 5. The van der Waals surface area contributed by atoms with Crippen molar-refractivity contribution in [1.29, 1.82) is 0 Å². The normalized spacial score (nSPS) is 20.0. The molecule has 1 fully saturated rings. The van der Waals surface area contributed by atoms with Gasteiger partial charge in [0, 0.05) is 24.4 Å². The molecule has 150 valence electrons. The number of nitrogens with two attached hydrogens (primary N) is 1. The summed E-state index contributed by atoms with van der Waals surface area (Å²) in [4.78, 5) is 10.2. The van der Waals surface area contributed by atoms with Crippen molar-refractivity contribution in [3.05, 3.63) is 24.0 Å². The summed E-state index contributed by atoms with van der Waals surface area (Å²) in [6.07, 6.45) is -3.19. The standard InChI is InChI=1S/C18H21F3N6O/c1-28-12-7-4-6-11-13(12)23-18(22)27-17(11)24-16(25-27)10-5-2-3-8-26(9-10)15(21)14(19)20/h4,6-7,10,14-15H,2-3,5,8-9H2,1H3,(H2,22,23). The molecular formula is C18H21F3N6O. The summed E-state index contributed by atoms with van der Waals surface area (Å²) < 4.78 is 46.4. The molecule has 2 aromatic heterocycles. The molecule has 1 aromatic carbocycles. The highest BCUT2D eigenvalue weighted by Gasteiger charge is 2.32. The van der Waals surface area contributed by atoms with E-state index in [-0.39, 0.29) is 18.4 Å².